The van der Waals surface area contributed by atoms with E-state index in [9.17, 15) is 24.9 Å². The van der Waals surface area contributed by atoms with Crippen molar-refractivity contribution in [3.8, 4) is 0 Å². The van der Waals surface area contributed by atoms with Gasteiger partial charge in [-0.15, -0.1) is 0 Å². The van der Waals surface area contributed by atoms with Gasteiger partial charge in [0, 0.05) is 24.9 Å². The van der Waals surface area contributed by atoms with Gasteiger partial charge in [-0.2, -0.15) is 0 Å². The highest BCUT2D eigenvalue weighted by Crippen LogP contribution is 2.37. The Morgan fingerprint density at radius 1 is 1.23 bits per heavy atom. The van der Waals surface area contributed by atoms with E-state index in [-0.39, 0.29) is 12.6 Å². The van der Waals surface area contributed by atoms with Crippen LogP contribution in [0.3, 0.4) is 0 Å². The summed E-state index contributed by atoms with van der Waals surface area (Å²) < 4.78 is 10.9. The van der Waals surface area contributed by atoms with Crippen molar-refractivity contribution in [2.75, 3.05) is 26.3 Å². The van der Waals surface area contributed by atoms with E-state index in [0.29, 0.717) is 13.0 Å². The van der Waals surface area contributed by atoms with Crippen molar-refractivity contribution in [1.82, 2.24) is 4.90 Å². The maximum Gasteiger partial charge on any atom is 0.341 e. The molecule has 0 spiro atoms. The minimum absolute atomic E-state index is 0.0234. The van der Waals surface area contributed by atoms with Crippen LogP contribution in [0.5, 0.6) is 0 Å². The highest BCUT2D eigenvalue weighted by molar-refractivity contribution is 5.82. The van der Waals surface area contributed by atoms with Crippen LogP contribution in [0.1, 0.15) is 27.2 Å². The minimum Gasteiger partial charge on any atom is -0.459 e. The summed E-state index contributed by atoms with van der Waals surface area (Å²) in [7, 11) is 0. The topological polar surface area (TPSA) is 117 Å². The molecule has 3 rings (SSSR count). The summed E-state index contributed by atoms with van der Waals surface area (Å²) in [6.07, 6.45) is 2.06. The molecule has 0 radical (unpaired) electrons. The molecule has 6 atom stereocenters. The van der Waals surface area contributed by atoms with Crippen molar-refractivity contribution < 1.29 is 34.4 Å². The summed E-state index contributed by atoms with van der Waals surface area (Å²) in [6.45, 7) is 4.86. The lowest BCUT2D eigenvalue weighted by Gasteiger charge is -2.40. The quantitative estimate of drug-likeness (QED) is 0.407. The molecule has 8 nitrogen and oxygen atoms in total. The first-order chi connectivity index (χ1) is 12.1. The smallest absolute Gasteiger partial charge is 0.341 e. The fourth-order valence-electron chi connectivity index (χ4n) is 4.14. The third-order valence-electron chi connectivity index (χ3n) is 6.44. The second-order valence-corrected chi connectivity index (χ2v) is 7.83. The zero-order chi connectivity index (χ0) is 19.3. The molecule has 3 aliphatic rings. The molecule has 0 aromatic heterocycles. The molecule has 0 aliphatic carbocycles. The van der Waals surface area contributed by atoms with Gasteiger partial charge in [0.2, 0.25) is 0 Å². The number of nitrogens with zero attached hydrogens (tertiary/aromatic N) is 1. The molecule has 3 N–H and O–H groups in total. The summed E-state index contributed by atoms with van der Waals surface area (Å²) in [5.74, 6) is -3.56. The van der Waals surface area contributed by atoms with Crippen LogP contribution in [0.25, 0.3) is 0 Å². The van der Waals surface area contributed by atoms with E-state index in [1.807, 2.05) is 6.08 Å². The van der Waals surface area contributed by atoms with Crippen molar-refractivity contribution in [2.24, 2.45) is 11.8 Å². The van der Waals surface area contributed by atoms with Crippen LogP contribution in [0.4, 0.5) is 0 Å². The van der Waals surface area contributed by atoms with Crippen LogP contribution in [0, 0.1) is 11.8 Å². The van der Waals surface area contributed by atoms with Crippen LogP contribution in [0.2, 0.25) is 0 Å². The average molecular weight is 369 g/mol. The van der Waals surface area contributed by atoms with Crippen molar-refractivity contribution in [1.29, 1.82) is 0 Å². The van der Waals surface area contributed by atoms with E-state index in [1.54, 1.807) is 0 Å². The van der Waals surface area contributed by atoms with E-state index < -0.39 is 47.7 Å². The normalized spacial score (nSPS) is 44.5. The fraction of sp³-hybridized carbons (Fsp3) is 0.778. The SMILES string of the molecule is CC1[C@H](C)[C@@](C)(O)C(=O)OCC2=CCN3CC[C@H](OC(=O)C1(O)CO)C23. The van der Waals surface area contributed by atoms with Gasteiger partial charge in [-0.3, -0.25) is 4.90 Å². The number of carbonyl (C=O) groups is 2. The second-order valence-electron chi connectivity index (χ2n) is 7.83. The second kappa shape index (κ2) is 6.60. The molecule has 26 heavy (non-hydrogen) atoms. The van der Waals surface area contributed by atoms with Gasteiger partial charge in [0.15, 0.2) is 11.2 Å². The summed E-state index contributed by atoms with van der Waals surface area (Å²) in [4.78, 5) is 27.3. The molecule has 0 bridgehead atoms. The summed E-state index contributed by atoms with van der Waals surface area (Å²) >= 11 is 0. The molecule has 2 fully saturated rings. The van der Waals surface area contributed by atoms with Crippen LogP contribution >= 0.6 is 0 Å². The average Bonchev–Trinajstić information content (AvgIpc) is 3.19. The standard InChI is InChI=1S/C18H27NO7/c1-10-11(2)18(24,9-20)16(22)26-13-5-7-19-6-4-12(14(13)19)8-25-15(21)17(10,3)23/h4,10-11,13-14,20,23-24H,5-9H2,1-3H3/t10-,11?,13-,14?,17+,18?/m0/s1. The minimum atomic E-state index is -2.22. The number of hydrogen-bond donors (Lipinski definition) is 3. The number of rotatable bonds is 1. The number of esters is 2. The predicted molar refractivity (Wildman–Crippen MR) is 89.9 cm³/mol. The number of carbonyl (C=O) groups excluding carboxylic acids is 2. The van der Waals surface area contributed by atoms with E-state index in [1.165, 1.54) is 20.8 Å². The van der Waals surface area contributed by atoms with Gasteiger partial charge in [-0.05, 0) is 18.9 Å². The van der Waals surface area contributed by atoms with E-state index in [4.69, 9.17) is 9.47 Å². The highest BCUT2D eigenvalue weighted by atomic mass is 16.6. The maximum atomic E-state index is 12.7. The van der Waals surface area contributed by atoms with Gasteiger partial charge in [0.25, 0.3) is 0 Å². The number of aliphatic hydroxyl groups excluding tert-OH is 1. The largest absolute Gasteiger partial charge is 0.459 e. The van der Waals surface area contributed by atoms with Crippen molar-refractivity contribution >= 4 is 11.9 Å². The first-order valence-corrected chi connectivity index (χ1v) is 8.99. The Labute approximate surface area is 152 Å². The lowest BCUT2D eigenvalue weighted by Crippen LogP contribution is -2.58. The van der Waals surface area contributed by atoms with E-state index in [2.05, 4.69) is 4.90 Å². The Bertz CT molecular complexity index is 631. The number of hydrogen-bond acceptors (Lipinski definition) is 8. The zero-order valence-electron chi connectivity index (χ0n) is 15.3. The van der Waals surface area contributed by atoms with E-state index >= 15 is 0 Å². The Hall–Kier alpha value is -1.48. The molecular formula is C18H27NO7. The third-order valence-corrected chi connectivity index (χ3v) is 6.44. The summed E-state index contributed by atoms with van der Waals surface area (Å²) in [5, 5.41) is 31.3. The van der Waals surface area contributed by atoms with Crippen LogP contribution < -0.4 is 0 Å². The van der Waals surface area contributed by atoms with Gasteiger partial charge in [-0.1, -0.05) is 19.9 Å². The summed E-state index contributed by atoms with van der Waals surface area (Å²) in [6, 6.07) is -0.216. The van der Waals surface area contributed by atoms with Crippen molar-refractivity contribution in [2.45, 2.75) is 50.5 Å². The molecule has 3 aliphatic heterocycles. The molecule has 146 valence electrons. The molecule has 8 heteroatoms. The first-order valence-electron chi connectivity index (χ1n) is 8.99. The first kappa shape index (κ1) is 19.3. The van der Waals surface area contributed by atoms with Crippen LogP contribution in [0.15, 0.2) is 11.6 Å². The molecular weight excluding hydrogens is 342 g/mol. The molecule has 0 amide bonds. The van der Waals surface area contributed by atoms with Crippen LogP contribution in [-0.2, 0) is 19.1 Å². The number of ether oxygens (including phenoxy) is 2. The monoisotopic (exact) mass is 369 g/mol. The van der Waals surface area contributed by atoms with Crippen LogP contribution in [-0.4, -0.2) is 81.8 Å². The lowest BCUT2D eigenvalue weighted by molar-refractivity contribution is -0.196. The Morgan fingerprint density at radius 2 is 1.92 bits per heavy atom. The lowest BCUT2D eigenvalue weighted by atomic mass is 9.73. The van der Waals surface area contributed by atoms with Crippen molar-refractivity contribution in [3.63, 3.8) is 0 Å². The van der Waals surface area contributed by atoms with Gasteiger partial charge in [0.1, 0.15) is 12.7 Å². The van der Waals surface area contributed by atoms with Gasteiger partial charge in [0.05, 0.1) is 12.6 Å². The molecule has 3 heterocycles. The Balaban J connectivity index is 1.99. The van der Waals surface area contributed by atoms with Crippen molar-refractivity contribution in [3.05, 3.63) is 11.6 Å². The highest BCUT2D eigenvalue weighted by Gasteiger charge is 2.54. The molecule has 0 saturated carbocycles. The molecule has 0 aromatic rings. The Kier molecular flexibility index (Phi) is 4.89. The molecule has 0 aromatic carbocycles. The molecule has 2 saturated heterocycles. The third kappa shape index (κ3) is 2.85. The maximum absolute atomic E-state index is 12.7. The number of aliphatic hydroxyl groups is 3. The van der Waals surface area contributed by atoms with Gasteiger partial charge in [-0.25, -0.2) is 9.59 Å². The summed E-state index contributed by atoms with van der Waals surface area (Å²) in [5.41, 5.74) is -3.34. The predicted octanol–water partition coefficient (Wildman–Crippen LogP) is -0.784. The van der Waals surface area contributed by atoms with Gasteiger partial charge < -0.3 is 24.8 Å². The Morgan fingerprint density at radius 3 is 2.58 bits per heavy atom. The van der Waals surface area contributed by atoms with Gasteiger partial charge >= 0.3 is 11.9 Å². The van der Waals surface area contributed by atoms with E-state index in [0.717, 1.165) is 12.1 Å². The zero-order valence-corrected chi connectivity index (χ0v) is 15.3. The molecule has 3 unspecified atom stereocenters. The number of cyclic esters (lactones) is 1. The fourth-order valence-corrected chi connectivity index (χ4v) is 4.14.